The number of carbonyl (C=O) groups is 2. The van der Waals surface area contributed by atoms with E-state index in [4.69, 9.17) is 18.9 Å². The summed E-state index contributed by atoms with van der Waals surface area (Å²) in [6.07, 6.45) is -2.57. The number of methoxy groups -OCH3 is 2. The number of benzene rings is 3. The summed E-state index contributed by atoms with van der Waals surface area (Å²) in [5.41, 5.74) is 2.05. The molecule has 0 radical (unpaired) electrons. The second-order valence-corrected chi connectivity index (χ2v) is 7.02. The Morgan fingerprint density at radius 3 is 1.47 bits per heavy atom. The second-order valence-electron chi connectivity index (χ2n) is 7.02. The average Bonchev–Trinajstić information content (AvgIpc) is 2.84. The smallest absolute Gasteiger partial charge is 0.340 e. The van der Waals surface area contributed by atoms with Crippen LogP contribution in [-0.4, -0.2) is 32.8 Å². The Hall–Kier alpha value is -3.48. The fourth-order valence-corrected chi connectivity index (χ4v) is 3.29. The zero-order valence-electron chi connectivity index (χ0n) is 18.0. The number of esters is 2. The van der Waals surface area contributed by atoms with Crippen LogP contribution in [0.2, 0.25) is 0 Å². The van der Waals surface area contributed by atoms with Crippen molar-refractivity contribution in [1.29, 1.82) is 0 Å². The van der Waals surface area contributed by atoms with Crippen molar-refractivity contribution in [2.45, 2.75) is 18.3 Å². The van der Waals surface area contributed by atoms with Crippen LogP contribution < -0.4 is 0 Å². The summed E-state index contributed by atoms with van der Waals surface area (Å²) in [4.78, 5) is 25.6. The van der Waals surface area contributed by atoms with Gasteiger partial charge in [0.25, 0.3) is 0 Å². The normalized spacial score (nSPS) is 13.6. The third-order valence-electron chi connectivity index (χ3n) is 4.91. The van der Waals surface area contributed by atoms with E-state index in [1.54, 1.807) is 36.4 Å². The molecule has 0 N–H and O–H groups in total. The molecular formula is C26H26O6. The molecule has 0 spiro atoms. The molecule has 0 aliphatic carbocycles. The van der Waals surface area contributed by atoms with Gasteiger partial charge >= 0.3 is 11.9 Å². The average molecular weight is 434 g/mol. The van der Waals surface area contributed by atoms with Crippen LogP contribution in [0, 0.1) is 0 Å². The molecule has 166 valence electrons. The quantitative estimate of drug-likeness (QED) is 0.435. The van der Waals surface area contributed by atoms with Gasteiger partial charge in [0.15, 0.2) is 18.3 Å². The Morgan fingerprint density at radius 1 is 0.625 bits per heavy atom. The Balaban J connectivity index is 1.73. The first-order chi connectivity index (χ1) is 15.6. The molecule has 0 saturated heterocycles. The lowest BCUT2D eigenvalue weighted by Crippen LogP contribution is -2.25. The van der Waals surface area contributed by atoms with Gasteiger partial charge < -0.3 is 18.9 Å². The number of ether oxygens (including phenoxy) is 4. The van der Waals surface area contributed by atoms with Gasteiger partial charge in [0, 0.05) is 14.2 Å². The summed E-state index contributed by atoms with van der Waals surface area (Å²) in [7, 11) is 2.89. The van der Waals surface area contributed by atoms with Crippen molar-refractivity contribution in [3.8, 4) is 0 Å². The van der Waals surface area contributed by atoms with Gasteiger partial charge in [0.05, 0.1) is 0 Å². The summed E-state index contributed by atoms with van der Waals surface area (Å²) in [6.45, 7) is -0.160. The summed E-state index contributed by atoms with van der Waals surface area (Å²) in [5.74, 6) is -1.14. The highest BCUT2D eigenvalue weighted by Gasteiger charge is 2.28. The predicted octanol–water partition coefficient (Wildman–Crippen LogP) is 4.59. The molecular weight excluding hydrogens is 408 g/mol. The van der Waals surface area contributed by atoms with Crippen LogP contribution in [0.4, 0.5) is 0 Å². The van der Waals surface area contributed by atoms with Gasteiger partial charge in [-0.3, -0.25) is 0 Å². The van der Waals surface area contributed by atoms with Crippen molar-refractivity contribution < 1.29 is 28.5 Å². The molecule has 0 bridgehead atoms. The zero-order valence-corrected chi connectivity index (χ0v) is 18.0. The van der Waals surface area contributed by atoms with Crippen LogP contribution in [0.15, 0.2) is 91.0 Å². The summed E-state index contributed by atoms with van der Waals surface area (Å²) in [6, 6.07) is 27.2. The van der Waals surface area contributed by atoms with Gasteiger partial charge in [-0.2, -0.15) is 0 Å². The van der Waals surface area contributed by atoms with Crippen molar-refractivity contribution in [2.75, 3.05) is 20.8 Å². The number of rotatable bonds is 10. The first-order valence-electron chi connectivity index (χ1n) is 10.2. The first kappa shape index (κ1) is 23.2. The Labute approximate surface area is 187 Å². The molecule has 0 amide bonds. The molecule has 6 nitrogen and oxygen atoms in total. The fraction of sp³-hybridized carbons (Fsp3) is 0.231. The molecule has 0 fully saturated rings. The maximum Gasteiger partial charge on any atom is 0.340 e. The maximum atomic E-state index is 12.9. The molecule has 0 unspecified atom stereocenters. The van der Waals surface area contributed by atoms with Crippen LogP contribution in [0.25, 0.3) is 0 Å². The number of hydrogen-bond donors (Lipinski definition) is 0. The van der Waals surface area contributed by atoms with E-state index in [0.29, 0.717) is 16.7 Å². The fourth-order valence-electron chi connectivity index (χ4n) is 3.29. The van der Waals surface area contributed by atoms with Crippen LogP contribution in [0.1, 0.15) is 35.0 Å². The molecule has 3 aromatic rings. The Morgan fingerprint density at radius 2 is 1.03 bits per heavy atom. The van der Waals surface area contributed by atoms with Gasteiger partial charge in [-0.25, -0.2) is 9.59 Å². The van der Waals surface area contributed by atoms with E-state index in [-0.39, 0.29) is 6.61 Å². The molecule has 32 heavy (non-hydrogen) atoms. The van der Waals surface area contributed by atoms with Gasteiger partial charge in [0.2, 0.25) is 0 Å². The van der Waals surface area contributed by atoms with E-state index in [9.17, 15) is 9.59 Å². The van der Waals surface area contributed by atoms with Crippen molar-refractivity contribution >= 4 is 11.9 Å². The van der Waals surface area contributed by atoms with E-state index in [0.717, 1.165) is 0 Å². The van der Waals surface area contributed by atoms with Crippen molar-refractivity contribution in [3.63, 3.8) is 0 Å². The van der Waals surface area contributed by atoms with E-state index in [1.807, 2.05) is 54.6 Å². The lowest BCUT2D eigenvalue weighted by Gasteiger charge is -2.23. The maximum absolute atomic E-state index is 12.9. The van der Waals surface area contributed by atoms with E-state index < -0.39 is 30.3 Å². The van der Waals surface area contributed by atoms with Crippen molar-refractivity contribution in [1.82, 2.24) is 0 Å². The van der Waals surface area contributed by atoms with Gasteiger partial charge in [-0.15, -0.1) is 0 Å². The zero-order chi connectivity index (χ0) is 22.8. The highest BCUT2D eigenvalue weighted by atomic mass is 16.6. The summed E-state index contributed by atoms with van der Waals surface area (Å²) >= 11 is 0. The van der Waals surface area contributed by atoms with Gasteiger partial charge in [0.1, 0.15) is 6.61 Å². The molecule has 0 saturated carbocycles. The highest BCUT2D eigenvalue weighted by molar-refractivity contribution is 5.77. The standard InChI is InChI=1S/C26H26O6/c1-29-23(20-14-8-4-9-15-20)25(27)31-18-22(19-12-6-3-7-13-19)32-26(28)24(30-2)21-16-10-5-11-17-21/h3-17,22-24H,18H2,1-2H3/t22-,23+,24+/m0/s1. The minimum absolute atomic E-state index is 0.160. The molecule has 3 rings (SSSR count). The summed E-state index contributed by atoms with van der Waals surface area (Å²) in [5, 5.41) is 0. The topological polar surface area (TPSA) is 71.1 Å². The Kier molecular flexibility index (Phi) is 8.54. The van der Waals surface area contributed by atoms with Crippen LogP contribution in [-0.2, 0) is 28.5 Å². The lowest BCUT2D eigenvalue weighted by atomic mass is 10.1. The third-order valence-corrected chi connectivity index (χ3v) is 4.91. The van der Waals surface area contributed by atoms with Crippen molar-refractivity contribution in [2.24, 2.45) is 0 Å². The van der Waals surface area contributed by atoms with Gasteiger partial charge in [-0.05, 0) is 16.7 Å². The number of hydrogen-bond acceptors (Lipinski definition) is 6. The van der Waals surface area contributed by atoms with Crippen LogP contribution in [0.5, 0.6) is 0 Å². The summed E-state index contributed by atoms with van der Waals surface area (Å²) < 4.78 is 21.9. The number of carbonyl (C=O) groups excluding carboxylic acids is 2. The largest absolute Gasteiger partial charge is 0.459 e. The molecule has 0 aromatic heterocycles. The first-order valence-corrected chi connectivity index (χ1v) is 10.2. The molecule has 3 aromatic carbocycles. The monoisotopic (exact) mass is 434 g/mol. The minimum atomic E-state index is -0.894. The molecule has 6 heteroatoms. The van der Waals surface area contributed by atoms with Crippen LogP contribution in [0.3, 0.4) is 0 Å². The van der Waals surface area contributed by atoms with E-state index in [1.165, 1.54) is 14.2 Å². The van der Waals surface area contributed by atoms with E-state index >= 15 is 0 Å². The second kappa shape index (κ2) is 11.8. The predicted molar refractivity (Wildman–Crippen MR) is 119 cm³/mol. The highest BCUT2D eigenvalue weighted by Crippen LogP contribution is 2.25. The third kappa shape index (κ3) is 6.03. The molecule has 3 atom stereocenters. The molecule has 0 heterocycles. The van der Waals surface area contributed by atoms with Crippen molar-refractivity contribution in [3.05, 3.63) is 108 Å². The molecule has 0 aliphatic heterocycles. The van der Waals surface area contributed by atoms with E-state index in [2.05, 4.69) is 0 Å². The van der Waals surface area contributed by atoms with Gasteiger partial charge in [-0.1, -0.05) is 91.0 Å². The Bertz CT molecular complexity index is 975. The molecule has 0 aliphatic rings. The lowest BCUT2D eigenvalue weighted by molar-refractivity contribution is -0.172. The SMILES string of the molecule is CO[C@@H](C(=O)OC[C@H](OC(=O)[C@H](OC)c1ccccc1)c1ccccc1)c1ccccc1. The minimum Gasteiger partial charge on any atom is -0.459 e. The van der Waals surface area contributed by atoms with Crippen LogP contribution >= 0.6 is 0 Å².